The minimum atomic E-state index is -4.01. The second-order valence-corrected chi connectivity index (χ2v) is 9.71. The Morgan fingerprint density at radius 1 is 1.12 bits per heavy atom. The number of para-hydroxylation sites is 1. The maximum Gasteiger partial charge on any atom is 0.266 e. The summed E-state index contributed by atoms with van der Waals surface area (Å²) in [5, 5.41) is 1.81. The molecule has 3 rings (SSSR count). The Morgan fingerprint density at radius 3 is 2.39 bits per heavy atom. The van der Waals surface area contributed by atoms with Gasteiger partial charge >= 0.3 is 0 Å². The topological polar surface area (TPSA) is 87.7 Å². The summed E-state index contributed by atoms with van der Waals surface area (Å²) in [5.41, 5.74) is 1.29. The number of carbonyl (C=O) groups is 2. The molecule has 0 bridgehead atoms. The van der Waals surface area contributed by atoms with Crippen molar-refractivity contribution in [3.63, 3.8) is 0 Å². The van der Waals surface area contributed by atoms with Crippen LogP contribution >= 0.6 is 11.3 Å². The van der Waals surface area contributed by atoms with E-state index in [1.807, 2.05) is 6.92 Å². The van der Waals surface area contributed by atoms with Gasteiger partial charge in [-0.2, -0.15) is 0 Å². The first kappa shape index (κ1) is 24.3. The SMILES string of the molecule is CCN(C(=O)C=Cc1csc(N(C(C)=O)c2ccccc2F)n1)S(=O)(=O)c1ccc(C)cc1. The molecule has 7 nitrogen and oxygen atoms in total. The van der Waals surface area contributed by atoms with Crippen LogP contribution in [0.1, 0.15) is 25.1 Å². The summed E-state index contributed by atoms with van der Waals surface area (Å²) in [7, 11) is -4.01. The third kappa shape index (κ3) is 5.35. The highest BCUT2D eigenvalue weighted by atomic mass is 32.2. The molecule has 1 heterocycles. The minimum absolute atomic E-state index is 0.0228. The Hall–Kier alpha value is -3.37. The van der Waals surface area contributed by atoms with Crippen LogP contribution in [0.4, 0.5) is 15.2 Å². The lowest BCUT2D eigenvalue weighted by atomic mass is 10.2. The van der Waals surface area contributed by atoms with Crippen molar-refractivity contribution < 1.29 is 22.4 Å². The fraction of sp³-hybridized carbons (Fsp3) is 0.174. The van der Waals surface area contributed by atoms with E-state index in [0.29, 0.717) is 5.69 Å². The lowest BCUT2D eigenvalue weighted by Crippen LogP contribution is -2.35. The molecule has 3 aromatic rings. The molecule has 0 aliphatic rings. The van der Waals surface area contributed by atoms with Crippen molar-refractivity contribution in [2.45, 2.75) is 25.7 Å². The van der Waals surface area contributed by atoms with Gasteiger partial charge in [-0.05, 0) is 44.2 Å². The van der Waals surface area contributed by atoms with E-state index in [0.717, 1.165) is 32.2 Å². The Labute approximate surface area is 195 Å². The number of halogens is 1. The largest absolute Gasteiger partial charge is 0.274 e. The Kier molecular flexibility index (Phi) is 7.39. The van der Waals surface area contributed by atoms with Gasteiger partial charge in [-0.25, -0.2) is 22.1 Å². The highest BCUT2D eigenvalue weighted by molar-refractivity contribution is 7.89. The van der Waals surface area contributed by atoms with Crippen molar-refractivity contribution in [2.75, 3.05) is 11.4 Å². The zero-order valence-electron chi connectivity index (χ0n) is 18.2. The molecular formula is C23H22FN3O4S2. The van der Waals surface area contributed by atoms with E-state index in [1.165, 1.54) is 43.3 Å². The fourth-order valence-corrected chi connectivity index (χ4v) is 5.24. The molecule has 0 saturated heterocycles. The predicted molar refractivity (Wildman–Crippen MR) is 126 cm³/mol. The lowest BCUT2D eigenvalue weighted by molar-refractivity contribution is -0.121. The van der Waals surface area contributed by atoms with Gasteiger partial charge in [0.15, 0.2) is 5.13 Å². The van der Waals surface area contributed by atoms with E-state index in [4.69, 9.17) is 0 Å². The summed E-state index contributed by atoms with van der Waals surface area (Å²) >= 11 is 1.09. The molecule has 33 heavy (non-hydrogen) atoms. The number of aromatic nitrogens is 1. The maximum atomic E-state index is 14.2. The number of benzene rings is 2. The van der Waals surface area contributed by atoms with Gasteiger partial charge in [0.1, 0.15) is 5.82 Å². The minimum Gasteiger partial charge on any atom is -0.274 e. The van der Waals surface area contributed by atoms with Crippen LogP contribution in [0.3, 0.4) is 0 Å². The van der Waals surface area contributed by atoms with E-state index in [2.05, 4.69) is 4.98 Å². The van der Waals surface area contributed by atoms with Crippen LogP contribution in [0.25, 0.3) is 6.08 Å². The van der Waals surface area contributed by atoms with Crippen molar-refractivity contribution in [3.05, 3.63) is 77.1 Å². The number of hydrogen-bond donors (Lipinski definition) is 0. The van der Waals surface area contributed by atoms with Crippen molar-refractivity contribution in [2.24, 2.45) is 0 Å². The quantitative estimate of drug-likeness (QED) is 0.457. The zero-order chi connectivity index (χ0) is 24.2. The molecule has 10 heteroatoms. The highest BCUT2D eigenvalue weighted by Gasteiger charge is 2.26. The molecule has 0 aliphatic heterocycles. The van der Waals surface area contributed by atoms with Crippen molar-refractivity contribution in [3.8, 4) is 0 Å². The van der Waals surface area contributed by atoms with E-state index in [-0.39, 0.29) is 22.3 Å². The summed E-state index contributed by atoms with van der Waals surface area (Å²) in [6, 6.07) is 12.1. The highest BCUT2D eigenvalue weighted by Crippen LogP contribution is 2.31. The molecular weight excluding hydrogens is 465 g/mol. The number of nitrogens with zero attached hydrogens (tertiary/aromatic N) is 3. The van der Waals surface area contributed by atoms with Crippen LogP contribution in [0, 0.1) is 12.7 Å². The fourth-order valence-electron chi connectivity index (χ4n) is 3.02. The van der Waals surface area contributed by atoms with Gasteiger partial charge in [-0.1, -0.05) is 29.8 Å². The van der Waals surface area contributed by atoms with E-state index in [1.54, 1.807) is 30.5 Å². The standard InChI is InChI=1S/C23H22FN3O4S2/c1-4-26(33(30,31)19-12-9-16(2)10-13-19)22(29)14-11-18-15-32-23(25-18)27(17(3)28)21-8-6-5-7-20(21)24/h5-15H,4H2,1-3H3. The first-order chi connectivity index (χ1) is 15.6. The van der Waals surface area contributed by atoms with E-state index >= 15 is 0 Å². The average Bonchev–Trinajstić information content (AvgIpc) is 3.22. The summed E-state index contributed by atoms with van der Waals surface area (Å²) in [5.74, 6) is -1.73. The number of sulfonamides is 1. The van der Waals surface area contributed by atoms with E-state index in [9.17, 15) is 22.4 Å². The number of anilines is 2. The number of amides is 2. The zero-order valence-corrected chi connectivity index (χ0v) is 19.9. The Balaban J connectivity index is 1.83. The summed E-state index contributed by atoms with van der Waals surface area (Å²) < 4.78 is 40.7. The number of hydrogen-bond acceptors (Lipinski definition) is 6. The summed E-state index contributed by atoms with van der Waals surface area (Å²) in [4.78, 5) is 30.3. The third-order valence-electron chi connectivity index (χ3n) is 4.65. The molecule has 0 aliphatic carbocycles. The van der Waals surface area contributed by atoms with Gasteiger partial charge in [0, 0.05) is 24.9 Å². The van der Waals surface area contributed by atoms with Crippen molar-refractivity contribution >= 4 is 50.1 Å². The number of rotatable bonds is 7. The van der Waals surface area contributed by atoms with E-state index < -0.39 is 27.7 Å². The van der Waals surface area contributed by atoms with Crippen molar-refractivity contribution in [1.82, 2.24) is 9.29 Å². The molecule has 2 amide bonds. The maximum absolute atomic E-state index is 14.2. The molecule has 172 valence electrons. The van der Waals surface area contributed by atoms with Gasteiger partial charge < -0.3 is 0 Å². The smallest absolute Gasteiger partial charge is 0.266 e. The second kappa shape index (κ2) is 10.1. The van der Waals surface area contributed by atoms with Gasteiger partial charge in [0.25, 0.3) is 15.9 Å². The van der Waals surface area contributed by atoms with Gasteiger partial charge in [-0.15, -0.1) is 11.3 Å². The number of carbonyl (C=O) groups excluding carboxylic acids is 2. The van der Waals surface area contributed by atoms with Gasteiger partial charge in [0.05, 0.1) is 16.3 Å². The summed E-state index contributed by atoms with van der Waals surface area (Å²) in [6.07, 6.45) is 2.46. The van der Waals surface area contributed by atoms with Crippen LogP contribution in [0.15, 0.2) is 64.9 Å². The second-order valence-electron chi connectivity index (χ2n) is 7.02. The first-order valence-corrected chi connectivity index (χ1v) is 12.3. The van der Waals surface area contributed by atoms with Crippen LogP contribution in [0.2, 0.25) is 0 Å². The molecule has 0 N–H and O–H groups in total. The molecule has 2 aromatic carbocycles. The van der Waals surface area contributed by atoms with Crippen molar-refractivity contribution in [1.29, 1.82) is 0 Å². The Bertz CT molecular complexity index is 1300. The summed E-state index contributed by atoms with van der Waals surface area (Å²) in [6.45, 7) is 4.65. The molecule has 0 saturated carbocycles. The molecule has 0 fully saturated rings. The molecule has 1 aromatic heterocycles. The molecule has 0 unspecified atom stereocenters. The molecule has 0 spiro atoms. The first-order valence-electron chi connectivity index (χ1n) is 9.97. The number of thiazole rings is 1. The molecule has 0 radical (unpaired) electrons. The third-order valence-corrected chi connectivity index (χ3v) is 7.38. The normalized spacial score (nSPS) is 11.5. The van der Waals surface area contributed by atoms with Gasteiger partial charge in [-0.3, -0.25) is 14.5 Å². The molecule has 0 atom stereocenters. The van der Waals surface area contributed by atoms with Crippen LogP contribution in [-0.4, -0.2) is 36.1 Å². The van der Waals surface area contributed by atoms with Crippen LogP contribution in [-0.2, 0) is 19.6 Å². The Morgan fingerprint density at radius 2 is 1.79 bits per heavy atom. The predicted octanol–water partition coefficient (Wildman–Crippen LogP) is 4.53. The number of likely N-dealkylation sites (N-methyl/N-ethyl adjacent to an activating group) is 1. The van der Waals surface area contributed by atoms with Gasteiger partial charge in [0.2, 0.25) is 5.91 Å². The number of aryl methyl sites for hydroxylation is 1. The lowest BCUT2D eigenvalue weighted by Gasteiger charge is -2.19. The monoisotopic (exact) mass is 487 g/mol. The van der Waals surface area contributed by atoms with Crippen LogP contribution in [0.5, 0.6) is 0 Å². The average molecular weight is 488 g/mol. The van der Waals surface area contributed by atoms with Crippen LogP contribution < -0.4 is 4.90 Å².